The molecule has 1 saturated carbocycles. The molecule has 2 aliphatic rings. The van der Waals surface area contributed by atoms with Crippen LogP contribution in [0.4, 0.5) is 0 Å². The van der Waals surface area contributed by atoms with Gasteiger partial charge in [0.2, 0.25) is 5.91 Å². The lowest BCUT2D eigenvalue weighted by Crippen LogP contribution is -2.52. The smallest absolute Gasteiger partial charge is 0.234 e. The minimum absolute atomic E-state index is 0.0643. The van der Waals surface area contributed by atoms with Crippen molar-refractivity contribution < 1.29 is 10.0 Å². The Labute approximate surface area is 120 Å². The van der Waals surface area contributed by atoms with Crippen molar-refractivity contribution in [3.05, 3.63) is 0 Å². The minimum atomic E-state index is -0.801. The number of nitrogens with one attached hydrogen (secondary N) is 1. The first-order chi connectivity index (χ1) is 9.60. The van der Waals surface area contributed by atoms with Gasteiger partial charge in [-0.05, 0) is 39.3 Å². The van der Waals surface area contributed by atoms with E-state index in [1.54, 1.807) is 0 Å². The van der Waals surface area contributed by atoms with Crippen molar-refractivity contribution in [1.82, 2.24) is 10.2 Å². The number of hydrogen-bond donors (Lipinski definition) is 3. The molecule has 2 rings (SSSR count). The average molecular weight is 282 g/mol. The summed E-state index contributed by atoms with van der Waals surface area (Å²) in [6.07, 6.45) is 6.67. The summed E-state index contributed by atoms with van der Waals surface area (Å²) in [5.41, 5.74) is 5.02. The van der Waals surface area contributed by atoms with E-state index in [0.717, 1.165) is 32.2 Å². The van der Waals surface area contributed by atoms with Gasteiger partial charge in [-0.25, -0.2) is 0 Å². The second kappa shape index (κ2) is 6.43. The maximum absolute atomic E-state index is 12.6. The molecule has 0 aromatic rings. The Hall–Kier alpha value is -1.30. The van der Waals surface area contributed by atoms with Gasteiger partial charge >= 0.3 is 0 Å². The fourth-order valence-electron chi connectivity index (χ4n) is 3.47. The molecule has 1 aliphatic heterocycles. The molecule has 4 N–H and O–H groups in total. The van der Waals surface area contributed by atoms with Crippen LogP contribution >= 0.6 is 0 Å². The molecule has 1 saturated heterocycles. The number of nitrogens with two attached hydrogens (primary N) is 1. The van der Waals surface area contributed by atoms with Gasteiger partial charge in [0.15, 0.2) is 5.84 Å². The highest BCUT2D eigenvalue weighted by molar-refractivity contribution is 6.06. The minimum Gasteiger partial charge on any atom is -0.409 e. The van der Waals surface area contributed by atoms with E-state index in [4.69, 9.17) is 10.9 Å². The maximum Gasteiger partial charge on any atom is 0.234 e. The van der Waals surface area contributed by atoms with E-state index < -0.39 is 5.41 Å². The van der Waals surface area contributed by atoms with Crippen LogP contribution in [0.3, 0.4) is 0 Å². The van der Waals surface area contributed by atoms with Crippen molar-refractivity contribution in [2.45, 2.75) is 51.0 Å². The first-order valence-corrected chi connectivity index (χ1v) is 7.57. The number of likely N-dealkylation sites (tertiary alicyclic amines) is 1. The topological polar surface area (TPSA) is 91.0 Å². The van der Waals surface area contributed by atoms with Crippen LogP contribution < -0.4 is 11.1 Å². The molecule has 114 valence electrons. The maximum atomic E-state index is 12.6. The normalized spacial score (nSPS) is 27.4. The van der Waals surface area contributed by atoms with E-state index in [0.29, 0.717) is 25.4 Å². The summed E-state index contributed by atoms with van der Waals surface area (Å²) in [4.78, 5) is 14.9. The molecule has 0 aromatic heterocycles. The van der Waals surface area contributed by atoms with Gasteiger partial charge in [-0.3, -0.25) is 4.79 Å². The second-order valence-corrected chi connectivity index (χ2v) is 6.11. The highest BCUT2D eigenvalue weighted by atomic mass is 16.4. The molecule has 1 aliphatic carbocycles. The van der Waals surface area contributed by atoms with Gasteiger partial charge in [0.25, 0.3) is 0 Å². The summed E-state index contributed by atoms with van der Waals surface area (Å²) in [5, 5.41) is 15.1. The highest BCUT2D eigenvalue weighted by Gasteiger charge is 2.44. The Morgan fingerprint density at radius 2 is 2.10 bits per heavy atom. The van der Waals surface area contributed by atoms with Crippen molar-refractivity contribution in [1.29, 1.82) is 0 Å². The fourth-order valence-corrected chi connectivity index (χ4v) is 3.47. The van der Waals surface area contributed by atoms with Crippen LogP contribution in [0.5, 0.6) is 0 Å². The fraction of sp³-hybridized carbons (Fsp3) is 0.857. The van der Waals surface area contributed by atoms with Gasteiger partial charge in [0, 0.05) is 12.6 Å². The van der Waals surface area contributed by atoms with E-state index in [-0.39, 0.29) is 11.7 Å². The number of rotatable bonds is 4. The Balaban J connectivity index is 2.00. The Kier molecular flexibility index (Phi) is 4.86. The van der Waals surface area contributed by atoms with Crippen molar-refractivity contribution in [2.24, 2.45) is 16.3 Å². The van der Waals surface area contributed by atoms with Gasteiger partial charge in [-0.15, -0.1) is 0 Å². The van der Waals surface area contributed by atoms with Gasteiger partial charge < -0.3 is 21.2 Å². The highest BCUT2D eigenvalue weighted by Crippen LogP contribution is 2.36. The SMILES string of the molecule is CN1CCCC1CNC(=O)C1(C(N)=NO)CCCCC1. The first kappa shape index (κ1) is 15.1. The Morgan fingerprint density at radius 1 is 1.40 bits per heavy atom. The molecule has 0 bridgehead atoms. The zero-order chi connectivity index (χ0) is 14.6. The summed E-state index contributed by atoms with van der Waals surface area (Å²) < 4.78 is 0. The van der Waals surface area contributed by atoms with Crippen molar-refractivity contribution in [3.8, 4) is 0 Å². The lowest BCUT2D eigenvalue weighted by atomic mass is 9.72. The average Bonchev–Trinajstić information content (AvgIpc) is 2.89. The molecule has 20 heavy (non-hydrogen) atoms. The zero-order valence-electron chi connectivity index (χ0n) is 12.3. The van der Waals surface area contributed by atoms with Crippen LogP contribution in [0.1, 0.15) is 44.9 Å². The molecular formula is C14H26N4O2. The van der Waals surface area contributed by atoms with Crippen LogP contribution in [0.2, 0.25) is 0 Å². The number of carbonyl (C=O) groups excluding carboxylic acids is 1. The Morgan fingerprint density at radius 3 is 2.65 bits per heavy atom. The number of nitrogens with zero attached hydrogens (tertiary/aromatic N) is 2. The Bertz CT molecular complexity index is 377. The quantitative estimate of drug-likeness (QED) is 0.309. The third-order valence-corrected chi connectivity index (χ3v) is 4.91. The van der Waals surface area contributed by atoms with Crippen LogP contribution in [-0.2, 0) is 4.79 Å². The lowest BCUT2D eigenvalue weighted by molar-refractivity contribution is -0.129. The van der Waals surface area contributed by atoms with Crippen LogP contribution in [0, 0.1) is 5.41 Å². The van der Waals surface area contributed by atoms with E-state index >= 15 is 0 Å². The predicted molar refractivity (Wildman–Crippen MR) is 77.6 cm³/mol. The predicted octanol–water partition coefficient (Wildman–Crippen LogP) is 0.894. The molecule has 1 amide bonds. The van der Waals surface area contributed by atoms with Crippen LogP contribution in [0.15, 0.2) is 5.16 Å². The van der Waals surface area contributed by atoms with E-state index in [2.05, 4.69) is 22.4 Å². The monoisotopic (exact) mass is 282 g/mol. The number of oxime groups is 1. The standard InChI is InChI=1S/C14H26N4O2/c1-18-9-5-6-11(18)10-16-13(19)14(12(15)17-20)7-3-2-4-8-14/h11,20H,2-10H2,1H3,(H2,15,17)(H,16,19). The molecule has 1 heterocycles. The summed E-state index contributed by atoms with van der Waals surface area (Å²) in [5.74, 6) is -0.0118. The molecule has 0 spiro atoms. The summed E-state index contributed by atoms with van der Waals surface area (Å²) in [7, 11) is 2.09. The van der Waals surface area contributed by atoms with E-state index in [1.165, 1.54) is 6.42 Å². The number of amides is 1. The number of hydrogen-bond acceptors (Lipinski definition) is 4. The molecule has 1 atom stereocenters. The number of carbonyl (C=O) groups is 1. The molecule has 0 aromatic carbocycles. The zero-order valence-corrected chi connectivity index (χ0v) is 12.3. The summed E-state index contributed by atoms with van der Waals surface area (Å²) >= 11 is 0. The van der Waals surface area contributed by atoms with E-state index in [9.17, 15) is 4.79 Å². The molecule has 2 fully saturated rings. The van der Waals surface area contributed by atoms with Gasteiger partial charge in [-0.2, -0.15) is 0 Å². The third kappa shape index (κ3) is 2.90. The van der Waals surface area contributed by atoms with Crippen LogP contribution in [-0.4, -0.2) is 48.0 Å². The van der Waals surface area contributed by atoms with E-state index in [1.807, 2.05) is 0 Å². The van der Waals surface area contributed by atoms with Crippen molar-refractivity contribution in [3.63, 3.8) is 0 Å². The van der Waals surface area contributed by atoms with Crippen molar-refractivity contribution in [2.75, 3.05) is 20.1 Å². The number of amidine groups is 1. The third-order valence-electron chi connectivity index (χ3n) is 4.91. The molecular weight excluding hydrogens is 256 g/mol. The summed E-state index contributed by atoms with van der Waals surface area (Å²) in [6, 6.07) is 0.409. The largest absolute Gasteiger partial charge is 0.409 e. The van der Waals surface area contributed by atoms with Gasteiger partial charge in [0.1, 0.15) is 5.41 Å². The molecule has 1 unspecified atom stereocenters. The summed E-state index contributed by atoms with van der Waals surface area (Å²) in [6.45, 7) is 1.74. The molecule has 6 nitrogen and oxygen atoms in total. The lowest BCUT2D eigenvalue weighted by Gasteiger charge is -2.35. The van der Waals surface area contributed by atoms with Gasteiger partial charge in [0.05, 0.1) is 0 Å². The van der Waals surface area contributed by atoms with Crippen LogP contribution in [0.25, 0.3) is 0 Å². The first-order valence-electron chi connectivity index (χ1n) is 7.57. The molecule has 6 heteroatoms. The van der Waals surface area contributed by atoms with Gasteiger partial charge in [-0.1, -0.05) is 24.4 Å². The van der Waals surface area contributed by atoms with Crippen molar-refractivity contribution >= 4 is 11.7 Å². The number of likely N-dealkylation sites (N-methyl/N-ethyl adjacent to an activating group) is 1. The second-order valence-electron chi connectivity index (χ2n) is 6.11. The molecule has 0 radical (unpaired) electrons.